The summed E-state index contributed by atoms with van der Waals surface area (Å²) in [7, 11) is 0. The normalized spacial score (nSPS) is 18.9. The molecule has 0 spiro atoms. The Labute approximate surface area is 128 Å². The van der Waals surface area contributed by atoms with Crippen molar-refractivity contribution in [1.29, 1.82) is 0 Å². The molecule has 0 radical (unpaired) electrons. The molecule has 2 N–H and O–H groups in total. The number of likely N-dealkylation sites (tertiary alicyclic amines) is 1. The predicted octanol–water partition coefficient (Wildman–Crippen LogP) is 2.78. The lowest BCUT2D eigenvalue weighted by atomic mass is 10.3. The van der Waals surface area contributed by atoms with E-state index >= 15 is 0 Å². The third kappa shape index (κ3) is 3.94. The zero-order valence-corrected chi connectivity index (χ0v) is 12.8. The van der Waals surface area contributed by atoms with Gasteiger partial charge in [-0.1, -0.05) is 0 Å². The molecule has 3 rings (SSSR count). The summed E-state index contributed by atoms with van der Waals surface area (Å²) in [6, 6.07) is 4.16. The van der Waals surface area contributed by atoms with Crippen LogP contribution in [-0.4, -0.2) is 29.0 Å². The number of nitrogens with two attached hydrogens (primary N) is 1. The minimum absolute atomic E-state index is 0. The summed E-state index contributed by atoms with van der Waals surface area (Å²) in [5.41, 5.74) is 6.99. The summed E-state index contributed by atoms with van der Waals surface area (Å²) in [6.07, 6.45) is 2.77. The second kappa shape index (κ2) is 7.26. The molecule has 7 heteroatoms. The molecule has 2 aromatic rings. The Hall–Kier alpha value is -0.590. The number of halogens is 2. The molecular weight excluding hydrogens is 305 g/mol. The number of rotatable bonds is 3. The van der Waals surface area contributed by atoms with E-state index < -0.39 is 0 Å². The Bertz CT molecular complexity index is 489. The topological polar surface area (TPSA) is 55.3 Å². The van der Waals surface area contributed by atoms with Crippen molar-refractivity contribution in [2.45, 2.75) is 19.0 Å². The zero-order chi connectivity index (χ0) is 11.7. The van der Waals surface area contributed by atoms with E-state index in [-0.39, 0.29) is 24.8 Å². The lowest BCUT2D eigenvalue weighted by molar-refractivity contribution is 0.323. The smallest absolute Gasteiger partial charge is 0.162 e. The quantitative estimate of drug-likeness (QED) is 0.944. The van der Waals surface area contributed by atoms with E-state index in [0.29, 0.717) is 6.04 Å². The fourth-order valence-electron chi connectivity index (χ4n) is 2.13. The highest BCUT2D eigenvalue weighted by molar-refractivity contribution is 7.13. The average molecular weight is 322 g/mol. The lowest BCUT2D eigenvalue weighted by Crippen LogP contribution is -2.26. The molecule has 1 saturated heterocycles. The first-order chi connectivity index (χ1) is 8.31. The Kier molecular flexibility index (Phi) is 6.29. The fourth-order valence-corrected chi connectivity index (χ4v) is 2.91. The van der Waals surface area contributed by atoms with E-state index in [9.17, 15) is 0 Å². The minimum atomic E-state index is 0. The van der Waals surface area contributed by atoms with Crippen LogP contribution in [0.5, 0.6) is 0 Å². The van der Waals surface area contributed by atoms with Crippen molar-refractivity contribution < 1.29 is 4.42 Å². The number of thiazole rings is 1. The van der Waals surface area contributed by atoms with Gasteiger partial charge >= 0.3 is 0 Å². The number of furan rings is 1. The molecule has 106 valence electrons. The van der Waals surface area contributed by atoms with Crippen molar-refractivity contribution in [2.75, 3.05) is 13.1 Å². The fraction of sp³-hybridized carbons (Fsp3) is 0.417. The molecule has 1 fully saturated rings. The van der Waals surface area contributed by atoms with Gasteiger partial charge < -0.3 is 10.2 Å². The predicted molar refractivity (Wildman–Crippen MR) is 82.2 cm³/mol. The second-order valence-corrected chi connectivity index (χ2v) is 5.26. The summed E-state index contributed by atoms with van der Waals surface area (Å²) in [5.74, 6) is 0.847. The molecule has 0 saturated carbocycles. The van der Waals surface area contributed by atoms with Crippen molar-refractivity contribution >= 4 is 36.2 Å². The van der Waals surface area contributed by atoms with Crippen LogP contribution >= 0.6 is 36.2 Å². The first kappa shape index (κ1) is 16.5. The van der Waals surface area contributed by atoms with Gasteiger partial charge in [-0.25, -0.2) is 4.98 Å². The first-order valence-corrected chi connectivity index (χ1v) is 6.65. The molecule has 1 atom stereocenters. The molecule has 0 amide bonds. The van der Waals surface area contributed by atoms with Gasteiger partial charge in [0.25, 0.3) is 0 Å². The van der Waals surface area contributed by atoms with E-state index in [1.165, 1.54) is 0 Å². The Morgan fingerprint density at radius 1 is 1.47 bits per heavy atom. The van der Waals surface area contributed by atoms with Gasteiger partial charge in [-0.3, -0.25) is 4.90 Å². The van der Waals surface area contributed by atoms with Gasteiger partial charge in [-0.05, 0) is 18.6 Å². The van der Waals surface area contributed by atoms with Crippen molar-refractivity contribution in [3.05, 3.63) is 29.5 Å². The highest BCUT2D eigenvalue weighted by atomic mass is 35.5. The van der Waals surface area contributed by atoms with Gasteiger partial charge in [0.15, 0.2) is 10.8 Å². The molecule has 2 aromatic heterocycles. The summed E-state index contributed by atoms with van der Waals surface area (Å²) in [5, 5.41) is 3.05. The van der Waals surface area contributed by atoms with Crippen LogP contribution in [0, 0.1) is 0 Å². The number of aromatic nitrogens is 1. The Morgan fingerprint density at radius 3 is 2.95 bits per heavy atom. The highest BCUT2D eigenvalue weighted by Gasteiger charge is 2.20. The first-order valence-electron chi connectivity index (χ1n) is 5.77. The molecular formula is C12H17Cl2N3OS. The average Bonchev–Trinajstić information content (AvgIpc) is 3.00. The molecule has 4 nitrogen and oxygen atoms in total. The molecule has 0 unspecified atom stereocenters. The Balaban J connectivity index is 0.000000902. The minimum Gasteiger partial charge on any atom is -0.462 e. The summed E-state index contributed by atoms with van der Waals surface area (Å²) < 4.78 is 5.33. The van der Waals surface area contributed by atoms with Crippen molar-refractivity contribution in [1.82, 2.24) is 9.88 Å². The number of nitrogens with zero attached hydrogens (tertiary/aromatic N) is 2. The zero-order valence-electron chi connectivity index (χ0n) is 10.3. The molecule has 1 aliphatic rings. The highest BCUT2D eigenvalue weighted by Crippen LogP contribution is 2.24. The van der Waals surface area contributed by atoms with Gasteiger partial charge in [0.1, 0.15) is 0 Å². The van der Waals surface area contributed by atoms with Crippen molar-refractivity contribution in [3.8, 4) is 10.8 Å². The van der Waals surface area contributed by atoms with Crippen LogP contribution in [-0.2, 0) is 6.54 Å². The summed E-state index contributed by atoms with van der Waals surface area (Å²) in [6.45, 7) is 2.95. The monoisotopic (exact) mass is 321 g/mol. The molecule has 0 aliphatic carbocycles. The van der Waals surface area contributed by atoms with Gasteiger partial charge in [0.2, 0.25) is 0 Å². The standard InChI is InChI=1S/C12H15N3OS.2ClH/c13-9-3-4-15(6-9)7-10-8-17-12(14-10)11-2-1-5-16-11;;/h1-2,5,8-9H,3-4,6-7,13H2;2*1H/t9-;;/m0../s1. The van der Waals surface area contributed by atoms with Crippen LogP contribution in [0.1, 0.15) is 12.1 Å². The van der Waals surface area contributed by atoms with Gasteiger partial charge in [-0.15, -0.1) is 36.2 Å². The lowest BCUT2D eigenvalue weighted by Gasteiger charge is -2.12. The van der Waals surface area contributed by atoms with Crippen LogP contribution in [0.3, 0.4) is 0 Å². The van der Waals surface area contributed by atoms with E-state index in [1.54, 1.807) is 17.6 Å². The number of hydrogen-bond acceptors (Lipinski definition) is 5. The Morgan fingerprint density at radius 2 is 2.32 bits per heavy atom. The SMILES string of the molecule is Cl.Cl.N[C@H]1CCN(Cc2csc(-c3ccco3)n2)C1. The third-order valence-electron chi connectivity index (χ3n) is 2.98. The molecule has 0 aromatic carbocycles. The summed E-state index contributed by atoms with van der Waals surface area (Å²) >= 11 is 1.63. The van der Waals surface area contributed by atoms with E-state index in [0.717, 1.165) is 42.5 Å². The van der Waals surface area contributed by atoms with E-state index in [1.807, 2.05) is 12.1 Å². The van der Waals surface area contributed by atoms with Crippen molar-refractivity contribution in [3.63, 3.8) is 0 Å². The van der Waals surface area contributed by atoms with Crippen LogP contribution in [0.15, 0.2) is 28.2 Å². The number of hydrogen-bond donors (Lipinski definition) is 1. The molecule has 3 heterocycles. The third-order valence-corrected chi connectivity index (χ3v) is 3.88. The van der Waals surface area contributed by atoms with Crippen molar-refractivity contribution in [2.24, 2.45) is 5.73 Å². The van der Waals surface area contributed by atoms with Gasteiger partial charge in [0, 0.05) is 31.1 Å². The maximum atomic E-state index is 5.89. The van der Waals surface area contributed by atoms with E-state index in [4.69, 9.17) is 10.2 Å². The van der Waals surface area contributed by atoms with Gasteiger partial charge in [-0.2, -0.15) is 0 Å². The maximum absolute atomic E-state index is 5.89. The van der Waals surface area contributed by atoms with Crippen LogP contribution in [0.4, 0.5) is 0 Å². The molecule has 0 bridgehead atoms. The van der Waals surface area contributed by atoms with Crippen LogP contribution in [0.25, 0.3) is 10.8 Å². The van der Waals surface area contributed by atoms with Gasteiger partial charge in [0.05, 0.1) is 12.0 Å². The molecule has 1 aliphatic heterocycles. The van der Waals surface area contributed by atoms with Crippen LogP contribution in [0.2, 0.25) is 0 Å². The van der Waals surface area contributed by atoms with Crippen LogP contribution < -0.4 is 5.73 Å². The van der Waals surface area contributed by atoms with E-state index in [2.05, 4.69) is 15.3 Å². The molecule has 19 heavy (non-hydrogen) atoms. The maximum Gasteiger partial charge on any atom is 0.162 e. The second-order valence-electron chi connectivity index (χ2n) is 4.41. The summed E-state index contributed by atoms with van der Waals surface area (Å²) in [4.78, 5) is 6.94. The largest absolute Gasteiger partial charge is 0.462 e.